The molecule has 1 N–H and O–H groups in total. The highest BCUT2D eigenvalue weighted by Crippen LogP contribution is 2.27. The van der Waals surface area contributed by atoms with E-state index in [4.69, 9.17) is 4.74 Å². The molecule has 1 unspecified atom stereocenters. The Morgan fingerprint density at radius 3 is 2.41 bits per heavy atom. The minimum absolute atomic E-state index is 0.161. The lowest BCUT2D eigenvalue weighted by molar-refractivity contribution is -0.122. The molecule has 8 heteroatoms. The third kappa shape index (κ3) is 5.31. The Morgan fingerprint density at radius 1 is 0.974 bits per heavy atom. The lowest BCUT2D eigenvalue weighted by Gasteiger charge is -2.26. The average molecular weight is 526 g/mol. The van der Waals surface area contributed by atoms with E-state index in [1.54, 1.807) is 0 Å². The second-order valence-electron chi connectivity index (χ2n) is 9.46. The molecule has 2 heterocycles. The summed E-state index contributed by atoms with van der Waals surface area (Å²) in [6, 6.07) is 19.8. The zero-order valence-corrected chi connectivity index (χ0v) is 21.7. The summed E-state index contributed by atoms with van der Waals surface area (Å²) in [4.78, 5) is 39.2. The summed E-state index contributed by atoms with van der Waals surface area (Å²) in [6.45, 7) is 5.32. The minimum Gasteiger partial charge on any atom is -0.492 e. The highest BCUT2D eigenvalue weighted by atomic mass is 19.1. The third-order valence-corrected chi connectivity index (χ3v) is 6.97. The number of hydrogen-bond donors (Lipinski definition) is 1. The van der Waals surface area contributed by atoms with Crippen LogP contribution in [0.2, 0.25) is 0 Å². The van der Waals surface area contributed by atoms with E-state index < -0.39 is 23.7 Å². The molecule has 7 nitrogen and oxygen atoms in total. The number of amides is 4. The maximum absolute atomic E-state index is 13.4. The molecule has 3 aromatic carbocycles. The largest absolute Gasteiger partial charge is 0.492 e. The maximum atomic E-state index is 13.4. The van der Waals surface area contributed by atoms with E-state index in [1.165, 1.54) is 23.8 Å². The number of fused-ring (bicyclic) bond motifs is 1. The quantitative estimate of drug-likeness (QED) is 0.225. The van der Waals surface area contributed by atoms with Gasteiger partial charge in [0, 0.05) is 22.7 Å². The summed E-state index contributed by atoms with van der Waals surface area (Å²) in [5.41, 5.74) is 2.80. The normalized spacial score (nSPS) is 15.6. The van der Waals surface area contributed by atoms with E-state index in [-0.39, 0.29) is 11.3 Å². The Labute approximate surface area is 225 Å². The summed E-state index contributed by atoms with van der Waals surface area (Å²) in [6.07, 6.45) is 4.41. The van der Waals surface area contributed by atoms with Crippen molar-refractivity contribution in [2.75, 3.05) is 11.5 Å². The van der Waals surface area contributed by atoms with Crippen LogP contribution in [0.5, 0.6) is 5.75 Å². The highest BCUT2D eigenvalue weighted by molar-refractivity contribution is 6.39. The molecule has 0 spiro atoms. The number of aromatic nitrogens is 1. The van der Waals surface area contributed by atoms with Gasteiger partial charge in [0.2, 0.25) is 0 Å². The van der Waals surface area contributed by atoms with E-state index in [0.29, 0.717) is 24.6 Å². The Bertz CT molecular complexity index is 1570. The number of hydrogen-bond acceptors (Lipinski definition) is 4. The molecule has 1 atom stereocenters. The summed E-state index contributed by atoms with van der Waals surface area (Å²) in [5.74, 6) is -0.788. The summed E-state index contributed by atoms with van der Waals surface area (Å²) >= 11 is 0. The van der Waals surface area contributed by atoms with Gasteiger partial charge in [-0.25, -0.2) is 14.1 Å². The van der Waals surface area contributed by atoms with Crippen LogP contribution in [-0.2, 0) is 16.1 Å². The van der Waals surface area contributed by atoms with Crippen LogP contribution < -0.4 is 15.0 Å². The fraction of sp³-hybridized carbons (Fsp3) is 0.194. The van der Waals surface area contributed by atoms with Crippen LogP contribution in [0.15, 0.2) is 84.6 Å². The number of barbiturate groups is 1. The summed E-state index contributed by atoms with van der Waals surface area (Å²) in [5, 5.41) is 3.04. The van der Waals surface area contributed by atoms with E-state index in [0.717, 1.165) is 40.1 Å². The molecule has 1 saturated heterocycles. The van der Waals surface area contributed by atoms with Gasteiger partial charge in [0.1, 0.15) is 23.7 Å². The van der Waals surface area contributed by atoms with Crippen LogP contribution in [-0.4, -0.2) is 29.0 Å². The first-order valence-electron chi connectivity index (χ1n) is 12.8. The molecular formula is C31H28FN3O4. The number of benzene rings is 3. The van der Waals surface area contributed by atoms with Gasteiger partial charge in [-0.05, 0) is 66.4 Å². The topological polar surface area (TPSA) is 80.6 Å². The first kappa shape index (κ1) is 25.9. The van der Waals surface area contributed by atoms with Gasteiger partial charge in [-0.1, -0.05) is 44.2 Å². The molecule has 1 aliphatic rings. The molecule has 1 fully saturated rings. The number of carbonyl (C=O) groups excluding carboxylic acids is 3. The number of nitrogens with zero attached hydrogens (tertiary/aromatic N) is 2. The summed E-state index contributed by atoms with van der Waals surface area (Å²) < 4.78 is 21.4. The van der Waals surface area contributed by atoms with Crippen LogP contribution in [0.3, 0.4) is 0 Å². The second kappa shape index (κ2) is 10.9. The molecule has 0 saturated carbocycles. The van der Waals surface area contributed by atoms with Gasteiger partial charge < -0.3 is 9.30 Å². The first-order valence-corrected chi connectivity index (χ1v) is 12.8. The lowest BCUT2D eigenvalue weighted by atomic mass is 9.99. The SMILES string of the molecule is CCC(C)c1ccc(OCCn2cc(C=C3C(=O)NC(=O)N(c4ccc(F)cc4)C3=O)c3ccccc32)cc1. The van der Waals surface area contributed by atoms with E-state index in [2.05, 4.69) is 31.3 Å². The van der Waals surface area contributed by atoms with Crippen molar-refractivity contribution in [2.24, 2.45) is 0 Å². The summed E-state index contributed by atoms with van der Waals surface area (Å²) in [7, 11) is 0. The van der Waals surface area contributed by atoms with Crippen molar-refractivity contribution in [3.05, 3.63) is 102 Å². The first-order chi connectivity index (χ1) is 18.9. The predicted octanol–water partition coefficient (Wildman–Crippen LogP) is 6.04. The Morgan fingerprint density at radius 2 is 1.69 bits per heavy atom. The van der Waals surface area contributed by atoms with Crippen molar-refractivity contribution < 1.29 is 23.5 Å². The number of imide groups is 2. The van der Waals surface area contributed by atoms with Gasteiger partial charge in [-0.3, -0.25) is 14.9 Å². The van der Waals surface area contributed by atoms with Crippen LogP contribution >= 0.6 is 0 Å². The molecule has 0 bridgehead atoms. The van der Waals surface area contributed by atoms with Gasteiger partial charge in [0.15, 0.2) is 0 Å². The van der Waals surface area contributed by atoms with E-state index >= 15 is 0 Å². The second-order valence-corrected chi connectivity index (χ2v) is 9.46. The average Bonchev–Trinajstić information content (AvgIpc) is 3.29. The molecular weight excluding hydrogens is 497 g/mol. The number of halogens is 1. The predicted molar refractivity (Wildman–Crippen MR) is 148 cm³/mol. The van der Waals surface area contributed by atoms with Crippen molar-refractivity contribution in [2.45, 2.75) is 32.7 Å². The van der Waals surface area contributed by atoms with Crippen molar-refractivity contribution in [1.29, 1.82) is 0 Å². The molecule has 4 amide bonds. The number of carbonyl (C=O) groups is 3. The minimum atomic E-state index is -0.884. The van der Waals surface area contributed by atoms with Crippen molar-refractivity contribution in [3.63, 3.8) is 0 Å². The molecule has 4 aromatic rings. The number of anilines is 1. The van der Waals surface area contributed by atoms with Crippen LogP contribution in [0.4, 0.5) is 14.9 Å². The van der Waals surface area contributed by atoms with Gasteiger partial charge in [0.05, 0.1) is 12.2 Å². The van der Waals surface area contributed by atoms with Crippen molar-refractivity contribution >= 4 is 40.5 Å². The number of nitrogens with one attached hydrogen (secondary N) is 1. The lowest BCUT2D eigenvalue weighted by Crippen LogP contribution is -2.54. The fourth-order valence-corrected chi connectivity index (χ4v) is 4.60. The molecule has 39 heavy (non-hydrogen) atoms. The van der Waals surface area contributed by atoms with Gasteiger partial charge in [0.25, 0.3) is 11.8 Å². The van der Waals surface area contributed by atoms with Gasteiger partial charge in [-0.2, -0.15) is 0 Å². The molecule has 0 aliphatic carbocycles. The van der Waals surface area contributed by atoms with Crippen molar-refractivity contribution in [1.82, 2.24) is 9.88 Å². The number of urea groups is 1. The van der Waals surface area contributed by atoms with Crippen LogP contribution in [0.1, 0.15) is 37.3 Å². The number of para-hydroxylation sites is 1. The van der Waals surface area contributed by atoms with E-state index in [9.17, 15) is 18.8 Å². The van der Waals surface area contributed by atoms with E-state index in [1.807, 2.05) is 47.2 Å². The Hall–Kier alpha value is -4.72. The number of rotatable bonds is 8. The highest BCUT2D eigenvalue weighted by Gasteiger charge is 2.37. The Kier molecular flexibility index (Phi) is 7.27. The standard InChI is InChI=1S/C31H28FN3O4/c1-3-20(2)21-8-14-25(15-9-21)39-17-16-34-19-22(26-6-4-5-7-28(26)34)18-27-29(36)33-31(38)35(30(27)37)24-12-10-23(32)11-13-24/h4-15,18-20H,3,16-17H2,1-2H3,(H,33,36,38). The zero-order chi connectivity index (χ0) is 27.5. The Balaban J connectivity index is 1.39. The third-order valence-electron chi connectivity index (χ3n) is 6.97. The molecule has 1 aromatic heterocycles. The number of ether oxygens (including phenoxy) is 1. The maximum Gasteiger partial charge on any atom is 0.335 e. The van der Waals surface area contributed by atoms with Crippen LogP contribution in [0, 0.1) is 5.82 Å². The van der Waals surface area contributed by atoms with Gasteiger partial charge in [-0.15, -0.1) is 0 Å². The smallest absolute Gasteiger partial charge is 0.335 e. The zero-order valence-electron chi connectivity index (χ0n) is 21.7. The fourth-order valence-electron chi connectivity index (χ4n) is 4.60. The molecule has 0 radical (unpaired) electrons. The molecule has 198 valence electrons. The molecule has 5 rings (SSSR count). The monoisotopic (exact) mass is 525 g/mol. The van der Waals surface area contributed by atoms with Gasteiger partial charge >= 0.3 is 6.03 Å². The molecule has 1 aliphatic heterocycles. The van der Waals surface area contributed by atoms with Crippen molar-refractivity contribution in [3.8, 4) is 5.75 Å². The van der Waals surface area contributed by atoms with Crippen LogP contribution in [0.25, 0.3) is 17.0 Å².